The number of imidazole rings is 1. The molecule has 3 aromatic heterocycles. The summed E-state index contributed by atoms with van der Waals surface area (Å²) in [4.78, 5) is 21.7. The van der Waals surface area contributed by atoms with Crippen LogP contribution in [0.5, 0.6) is 0 Å². The summed E-state index contributed by atoms with van der Waals surface area (Å²) in [6, 6.07) is 11.6. The Balaban J connectivity index is 1.65. The summed E-state index contributed by atoms with van der Waals surface area (Å²) in [7, 11) is 0. The van der Waals surface area contributed by atoms with E-state index < -0.39 is 0 Å². The van der Waals surface area contributed by atoms with Gasteiger partial charge in [-0.1, -0.05) is 42.0 Å². The molecule has 35 heavy (non-hydrogen) atoms. The van der Waals surface area contributed by atoms with E-state index in [1.807, 2.05) is 63.2 Å². The molecule has 0 bridgehead atoms. The van der Waals surface area contributed by atoms with E-state index in [-0.39, 0.29) is 5.82 Å². The lowest BCUT2D eigenvalue weighted by atomic mass is 10.00. The SMILES string of the molecule is CCN=C(c1nc2c([nH]1)CC=CC=C2c1ccncc1)c1c(C)cnc(-c2cccc(C)c2)c1F. The Morgan fingerprint density at radius 2 is 1.91 bits per heavy atom. The van der Waals surface area contributed by atoms with Crippen molar-refractivity contribution in [2.45, 2.75) is 27.2 Å². The third-order valence-corrected chi connectivity index (χ3v) is 6.02. The van der Waals surface area contributed by atoms with Gasteiger partial charge in [-0.05, 0) is 50.1 Å². The van der Waals surface area contributed by atoms with Crippen molar-refractivity contribution in [2.24, 2.45) is 4.99 Å². The van der Waals surface area contributed by atoms with Crippen LogP contribution in [0.4, 0.5) is 4.39 Å². The van der Waals surface area contributed by atoms with Gasteiger partial charge in [0.15, 0.2) is 11.6 Å². The van der Waals surface area contributed by atoms with Crippen LogP contribution in [0, 0.1) is 19.7 Å². The Hall–Kier alpha value is -4.19. The molecule has 174 valence electrons. The molecule has 1 aliphatic rings. The normalized spacial score (nSPS) is 13.4. The van der Waals surface area contributed by atoms with Crippen molar-refractivity contribution in [2.75, 3.05) is 6.54 Å². The number of aliphatic imine (C=N–C) groups is 1. The number of H-pyrrole nitrogens is 1. The van der Waals surface area contributed by atoms with Crippen molar-refractivity contribution in [3.05, 3.63) is 119 Å². The van der Waals surface area contributed by atoms with E-state index >= 15 is 4.39 Å². The monoisotopic (exact) mass is 463 g/mol. The minimum absolute atomic E-state index is 0.312. The summed E-state index contributed by atoms with van der Waals surface area (Å²) in [5, 5.41) is 0. The van der Waals surface area contributed by atoms with E-state index in [9.17, 15) is 0 Å². The van der Waals surface area contributed by atoms with Crippen LogP contribution in [0.3, 0.4) is 0 Å². The maximum absolute atomic E-state index is 16.1. The van der Waals surface area contributed by atoms with Gasteiger partial charge in [0, 0.05) is 54.0 Å². The molecule has 0 saturated carbocycles. The predicted molar refractivity (Wildman–Crippen MR) is 138 cm³/mol. The fourth-order valence-electron chi connectivity index (χ4n) is 4.37. The summed E-state index contributed by atoms with van der Waals surface area (Å²) in [5.41, 5.74) is 7.55. The molecule has 0 atom stereocenters. The summed E-state index contributed by atoms with van der Waals surface area (Å²) in [6.45, 7) is 6.28. The number of hydrogen-bond donors (Lipinski definition) is 1. The number of aryl methyl sites for hydroxylation is 2. The number of pyridine rings is 2. The number of nitrogens with zero attached hydrogens (tertiary/aromatic N) is 4. The second kappa shape index (κ2) is 9.58. The quantitative estimate of drug-likeness (QED) is 0.368. The van der Waals surface area contributed by atoms with E-state index in [0.29, 0.717) is 41.3 Å². The number of nitrogens with one attached hydrogen (secondary N) is 1. The average Bonchev–Trinajstić information content (AvgIpc) is 3.17. The first-order valence-corrected chi connectivity index (χ1v) is 11.7. The molecule has 0 radical (unpaired) electrons. The molecule has 3 heterocycles. The molecule has 1 aliphatic carbocycles. The van der Waals surface area contributed by atoms with Crippen molar-refractivity contribution in [1.82, 2.24) is 19.9 Å². The fraction of sp³-hybridized carbons (Fsp3) is 0.172. The van der Waals surface area contributed by atoms with Gasteiger partial charge in [-0.25, -0.2) is 9.37 Å². The molecule has 0 fully saturated rings. The first kappa shape index (κ1) is 22.6. The summed E-state index contributed by atoms with van der Waals surface area (Å²) < 4.78 is 16.1. The van der Waals surface area contributed by atoms with Crippen molar-refractivity contribution >= 4 is 11.3 Å². The van der Waals surface area contributed by atoms with Crippen LogP contribution in [-0.2, 0) is 6.42 Å². The third-order valence-electron chi connectivity index (χ3n) is 6.02. The minimum Gasteiger partial charge on any atom is -0.340 e. The van der Waals surface area contributed by atoms with Crippen LogP contribution >= 0.6 is 0 Å². The van der Waals surface area contributed by atoms with E-state index in [4.69, 9.17) is 9.98 Å². The van der Waals surface area contributed by atoms with Crippen molar-refractivity contribution in [1.29, 1.82) is 0 Å². The molecule has 0 spiro atoms. The summed E-state index contributed by atoms with van der Waals surface area (Å²) >= 11 is 0. The Bertz CT molecular complexity index is 1480. The van der Waals surface area contributed by atoms with Gasteiger partial charge < -0.3 is 4.98 Å². The number of halogens is 1. The molecule has 0 unspecified atom stereocenters. The minimum atomic E-state index is -0.390. The number of aromatic nitrogens is 4. The van der Waals surface area contributed by atoms with Crippen LogP contribution in [0.2, 0.25) is 0 Å². The van der Waals surface area contributed by atoms with Gasteiger partial charge in [0.2, 0.25) is 0 Å². The second-order valence-corrected chi connectivity index (χ2v) is 8.53. The number of fused-ring (bicyclic) bond motifs is 1. The van der Waals surface area contributed by atoms with Gasteiger partial charge in [0.05, 0.1) is 5.69 Å². The zero-order chi connectivity index (χ0) is 24.4. The number of rotatable bonds is 5. The molecule has 5 nitrogen and oxygen atoms in total. The highest BCUT2D eigenvalue weighted by Gasteiger charge is 2.25. The van der Waals surface area contributed by atoms with Crippen molar-refractivity contribution < 1.29 is 4.39 Å². The number of hydrogen-bond acceptors (Lipinski definition) is 4. The summed E-state index contributed by atoms with van der Waals surface area (Å²) in [6.07, 6.45) is 12.1. The van der Waals surface area contributed by atoms with Gasteiger partial charge >= 0.3 is 0 Å². The standard InChI is InChI=1S/C29H26FN5/c1-4-32-28(24-19(3)17-33-26(25(24)30)21-9-7-8-18(2)16-21)29-34-23-11-6-5-10-22(27(23)35-29)20-12-14-31-15-13-20/h5-10,12-17H,4,11H2,1-3H3,(H,34,35). The highest BCUT2D eigenvalue weighted by Crippen LogP contribution is 2.30. The van der Waals surface area contributed by atoms with Crippen LogP contribution in [-0.4, -0.2) is 32.2 Å². The molecule has 0 aliphatic heterocycles. The zero-order valence-electron chi connectivity index (χ0n) is 20.0. The van der Waals surface area contributed by atoms with Crippen LogP contribution in [0.15, 0.2) is 78.2 Å². The maximum Gasteiger partial charge on any atom is 0.159 e. The maximum atomic E-state index is 16.1. The van der Waals surface area contributed by atoms with Gasteiger partial charge in [0.1, 0.15) is 11.4 Å². The molecule has 0 amide bonds. The highest BCUT2D eigenvalue weighted by molar-refractivity contribution is 6.12. The lowest BCUT2D eigenvalue weighted by Crippen LogP contribution is -2.13. The first-order chi connectivity index (χ1) is 17.1. The van der Waals surface area contributed by atoms with Crippen molar-refractivity contribution in [3.8, 4) is 11.3 Å². The number of allylic oxidation sites excluding steroid dienone is 3. The van der Waals surface area contributed by atoms with E-state index in [1.165, 1.54) is 0 Å². The van der Waals surface area contributed by atoms with Gasteiger partial charge in [-0.15, -0.1) is 0 Å². The fourth-order valence-corrected chi connectivity index (χ4v) is 4.37. The molecular weight excluding hydrogens is 437 g/mol. The van der Waals surface area contributed by atoms with E-state index in [1.54, 1.807) is 18.6 Å². The first-order valence-electron chi connectivity index (χ1n) is 11.7. The molecule has 4 aromatic rings. The largest absolute Gasteiger partial charge is 0.340 e. The average molecular weight is 464 g/mol. The summed E-state index contributed by atoms with van der Waals surface area (Å²) in [5.74, 6) is 0.162. The zero-order valence-corrected chi connectivity index (χ0v) is 20.0. The lowest BCUT2D eigenvalue weighted by Gasteiger charge is -2.13. The molecule has 0 saturated heterocycles. The molecule has 1 aromatic carbocycles. The number of benzene rings is 1. The Morgan fingerprint density at radius 3 is 2.69 bits per heavy atom. The van der Waals surface area contributed by atoms with E-state index in [0.717, 1.165) is 33.7 Å². The van der Waals surface area contributed by atoms with E-state index in [2.05, 4.69) is 27.1 Å². The van der Waals surface area contributed by atoms with Crippen LogP contribution in [0.25, 0.3) is 16.8 Å². The molecule has 6 heteroatoms. The number of aromatic amines is 1. The van der Waals surface area contributed by atoms with Gasteiger partial charge in [-0.3, -0.25) is 15.0 Å². The van der Waals surface area contributed by atoms with Gasteiger partial charge in [-0.2, -0.15) is 0 Å². The lowest BCUT2D eigenvalue weighted by molar-refractivity contribution is 0.621. The second-order valence-electron chi connectivity index (χ2n) is 8.53. The topological polar surface area (TPSA) is 66.8 Å². The molecule has 5 rings (SSSR count). The molecular formula is C29H26FN5. The predicted octanol–water partition coefficient (Wildman–Crippen LogP) is 6.02. The van der Waals surface area contributed by atoms with Gasteiger partial charge in [0.25, 0.3) is 0 Å². The van der Waals surface area contributed by atoms with Crippen molar-refractivity contribution in [3.63, 3.8) is 0 Å². The Labute approximate surface area is 204 Å². The van der Waals surface area contributed by atoms with Crippen LogP contribution in [0.1, 0.15) is 46.4 Å². The highest BCUT2D eigenvalue weighted by atomic mass is 19.1. The Morgan fingerprint density at radius 1 is 1.09 bits per heavy atom. The molecule has 1 N–H and O–H groups in total. The third kappa shape index (κ3) is 4.35. The Kier molecular flexibility index (Phi) is 6.19. The van der Waals surface area contributed by atoms with Crippen LogP contribution < -0.4 is 0 Å². The smallest absolute Gasteiger partial charge is 0.159 e.